The quantitative estimate of drug-likeness (QED) is 0.620. The van der Waals surface area contributed by atoms with Crippen molar-refractivity contribution in [2.24, 2.45) is 0 Å². The number of rotatable bonds is 2. The molecule has 1 aliphatic carbocycles. The molecule has 3 N–H and O–H groups in total. The Balaban J connectivity index is 1.95. The summed E-state index contributed by atoms with van der Waals surface area (Å²) in [7, 11) is 0. The van der Waals surface area contributed by atoms with Crippen LogP contribution in [0.3, 0.4) is 0 Å². The summed E-state index contributed by atoms with van der Waals surface area (Å²) in [5, 5.41) is 30.3. The molecule has 2 heterocycles. The topological polar surface area (TPSA) is 121 Å². The van der Waals surface area contributed by atoms with Crippen molar-refractivity contribution in [2.75, 3.05) is 0 Å². The molecule has 2 unspecified atom stereocenters. The van der Waals surface area contributed by atoms with E-state index in [-0.39, 0.29) is 47.5 Å². The van der Waals surface area contributed by atoms with Gasteiger partial charge >= 0.3 is 5.63 Å². The van der Waals surface area contributed by atoms with E-state index in [4.69, 9.17) is 8.83 Å². The number of phenols is 1. The van der Waals surface area contributed by atoms with Crippen LogP contribution in [0.25, 0.3) is 11.0 Å². The molecule has 1 aromatic carbocycles. The highest BCUT2D eigenvalue weighted by Crippen LogP contribution is 2.40. The standard InChI is InChI=1S/C21H20O7/c1-10-3-11(22)5-15-18(10)20(26)19-16(28-15)6-13(24)8-21(19,2)9-14-4-12(23)7-17(25)27-14/h3-5,7,13,22-24H,6,8-9H2,1-2H3. The molecule has 7 heteroatoms. The number of aliphatic hydroxyl groups excluding tert-OH is 1. The Bertz CT molecular complexity index is 1200. The number of aliphatic hydroxyl groups is 1. The molecule has 28 heavy (non-hydrogen) atoms. The minimum Gasteiger partial charge on any atom is -0.508 e. The van der Waals surface area contributed by atoms with Gasteiger partial charge in [0.25, 0.3) is 0 Å². The molecule has 0 fully saturated rings. The predicted molar refractivity (Wildman–Crippen MR) is 101 cm³/mol. The lowest BCUT2D eigenvalue weighted by Crippen LogP contribution is -2.41. The van der Waals surface area contributed by atoms with Crippen LogP contribution in [0.2, 0.25) is 0 Å². The molecule has 2 atom stereocenters. The van der Waals surface area contributed by atoms with Crippen LogP contribution >= 0.6 is 0 Å². The van der Waals surface area contributed by atoms with Gasteiger partial charge in [0, 0.05) is 36.0 Å². The number of aryl methyl sites for hydroxylation is 1. The Morgan fingerprint density at radius 1 is 1.11 bits per heavy atom. The molecule has 0 amide bonds. The van der Waals surface area contributed by atoms with Crippen molar-refractivity contribution in [3.63, 3.8) is 0 Å². The van der Waals surface area contributed by atoms with E-state index in [2.05, 4.69) is 0 Å². The number of hydrogen-bond donors (Lipinski definition) is 3. The minimum absolute atomic E-state index is 0.00578. The zero-order chi connectivity index (χ0) is 20.2. The molecule has 0 aliphatic heterocycles. The number of benzene rings is 1. The van der Waals surface area contributed by atoms with E-state index in [0.717, 1.165) is 6.07 Å². The van der Waals surface area contributed by atoms with Crippen molar-refractivity contribution in [1.82, 2.24) is 0 Å². The van der Waals surface area contributed by atoms with E-state index in [1.807, 2.05) is 0 Å². The van der Waals surface area contributed by atoms with Gasteiger partial charge in [-0.1, -0.05) is 6.92 Å². The van der Waals surface area contributed by atoms with E-state index in [1.54, 1.807) is 13.8 Å². The van der Waals surface area contributed by atoms with Gasteiger partial charge in [0.2, 0.25) is 0 Å². The lowest BCUT2D eigenvalue weighted by Gasteiger charge is -2.36. The molecule has 146 valence electrons. The second kappa shape index (κ2) is 6.24. The fourth-order valence-electron chi connectivity index (χ4n) is 4.35. The molecule has 0 radical (unpaired) electrons. The van der Waals surface area contributed by atoms with Crippen LogP contribution in [-0.2, 0) is 18.3 Å². The molecule has 0 saturated carbocycles. The van der Waals surface area contributed by atoms with Gasteiger partial charge in [0.1, 0.15) is 28.6 Å². The molecule has 4 rings (SSSR count). The van der Waals surface area contributed by atoms with Crippen molar-refractivity contribution in [2.45, 2.75) is 44.6 Å². The fourth-order valence-corrected chi connectivity index (χ4v) is 4.35. The second-order valence-electron chi connectivity index (χ2n) is 7.77. The zero-order valence-corrected chi connectivity index (χ0v) is 15.5. The molecular weight excluding hydrogens is 364 g/mol. The van der Waals surface area contributed by atoms with Gasteiger partial charge in [-0.25, -0.2) is 4.79 Å². The van der Waals surface area contributed by atoms with Crippen molar-refractivity contribution >= 4 is 11.0 Å². The largest absolute Gasteiger partial charge is 0.508 e. The molecule has 0 spiro atoms. The highest BCUT2D eigenvalue weighted by Gasteiger charge is 2.41. The van der Waals surface area contributed by atoms with E-state index in [9.17, 15) is 24.9 Å². The molecule has 7 nitrogen and oxygen atoms in total. The van der Waals surface area contributed by atoms with Gasteiger partial charge in [0.05, 0.1) is 17.6 Å². The summed E-state index contributed by atoms with van der Waals surface area (Å²) in [4.78, 5) is 25.0. The third-order valence-electron chi connectivity index (χ3n) is 5.33. The Kier molecular flexibility index (Phi) is 4.08. The average Bonchev–Trinajstić information content (AvgIpc) is 2.51. The maximum atomic E-state index is 13.4. The highest BCUT2D eigenvalue weighted by molar-refractivity contribution is 5.82. The first kappa shape index (κ1) is 18.3. The second-order valence-corrected chi connectivity index (χ2v) is 7.77. The van der Waals surface area contributed by atoms with Crippen molar-refractivity contribution in [3.8, 4) is 11.5 Å². The van der Waals surface area contributed by atoms with Crippen LogP contribution in [-0.4, -0.2) is 21.4 Å². The normalized spacial score (nSPS) is 21.6. The summed E-state index contributed by atoms with van der Waals surface area (Å²) in [5.41, 5.74) is -0.510. The van der Waals surface area contributed by atoms with E-state index in [0.29, 0.717) is 22.3 Å². The van der Waals surface area contributed by atoms with Crippen molar-refractivity contribution in [3.05, 3.63) is 67.6 Å². The van der Waals surface area contributed by atoms with Crippen LogP contribution in [0.1, 0.15) is 36.0 Å². The fraction of sp³-hybridized carbons (Fsp3) is 0.333. The first-order valence-electron chi connectivity index (χ1n) is 8.97. The molecule has 0 bridgehead atoms. The molecule has 0 saturated heterocycles. The smallest absolute Gasteiger partial charge is 0.339 e. The minimum atomic E-state index is -0.865. The summed E-state index contributed by atoms with van der Waals surface area (Å²) >= 11 is 0. The number of aromatic hydroxyl groups is 2. The number of hydrogen-bond acceptors (Lipinski definition) is 7. The van der Waals surface area contributed by atoms with Crippen LogP contribution in [0.5, 0.6) is 11.5 Å². The Labute approximate surface area is 159 Å². The van der Waals surface area contributed by atoms with Gasteiger partial charge in [-0.2, -0.15) is 0 Å². The van der Waals surface area contributed by atoms with E-state index < -0.39 is 17.1 Å². The zero-order valence-electron chi connectivity index (χ0n) is 15.5. The number of phenolic OH excluding ortho intramolecular Hbond substituents is 1. The summed E-state index contributed by atoms with van der Waals surface area (Å²) < 4.78 is 11.1. The maximum Gasteiger partial charge on any atom is 0.339 e. The highest BCUT2D eigenvalue weighted by atomic mass is 16.4. The third-order valence-corrected chi connectivity index (χ3v) is 5.33. The Morgan fingerprint density at radius 3 is 2.54 bits per heavy atom. The van der Waals surface area contributed by atoms with Gasteiger partial charge in [-0.3, -0.25) is 4.79 Å². The average molecular weight is 384 g/mol. The summed E-state index contributed by atoms with van der Waals surface area (Å²) in [6.07, 6.45) is -0.170. The molecular formula is C21H20O7. The monoisotopic (exact) mass is 384 g/mol. The lowest BCUT2D eigenvalue weighted by molar-refractivity contribution is 0.110. The summed E-state index contributed by atoms with van der Waals surface area (Å²) in [5.74, 6) is 0.345. The van der Waals surface area contributed by atoms with E-state index >= 15 is 0 Å². The lowest BCUT2D eigenvalue weighted by atomic mass is 9.69. The third kappa shape index (κ3) is 2.97. The SMILES string of the molecule is Cc1cc(O)cc2oc3c(c(=O)c12)C(C)(Cc1cc(O)cc(=O)o1)CC(O)C3. The molecule has 2 aromatic heterocycles. The number of fused-ring (bicyclic) bond motifs is 2. The van der Waals surface area contributed by atoms with Gasteiger partial charge < -0.3 is 24.2 Å². The summed E-state index contributed by atoms with van der Waals surface area (Å²) in [6, 6.07) is 5.18. The maximum absolute atomic E-state index is 13.4. The van der Waals surface area contributed by atoms with Crippen molar-refractivity contribution < 1.29 is 24.2 Å². The van der Waals surface area contributed by atoms with Crippen molar-refractivity contribution in [1.29, 1.82) is 0 Å². The van der Waals surface area contributed by atoms with Crippen LogP contribution in [0.4, 0.5) is 0 Å². The van der Waals surface area contributed by atoms with Gasteiger partial charge in [-0.15, -0.1) is 0 Å². The Hall–Kier alpha value is -3.06. The van der Waals surface area contributed by atoms with Crippen LogP contribution in [0.15, 0.2) is 42.7 Å². The Morgan fingerprint density at radius 2 is 1.82 bits per heavy atom. The first-order chi connectivity index (χ1) is 13.2. The molecule has 1 aliphatic rings. The van der Waals surface area contributed by atoms with Crippen LogP contribution in [0, 0.1) is 6.92 Å². The van der Waals surface area contributed by atoms with Crippen LogP contribution < -0.4 is 11.1 Å². The first-order valence-corrected chi connectivity index (χ1v) is 8.97. The van der Waals surface area contributed by atoms with Gasteiger partial charge in [0.15, 0.2) is 5.43 Å². The van der Waals surface area contributed by atoms with Gasteiger partial charge in [-0.05, 0) is 25.0 Å². The molecule has 3 aromatic rings. The summed E-state index contributed by atoms with van der Waals surface area (Å²) in [6.45, 7) is 3.52. The van der Waals surface area contributed by atoms with E-state index in [1.165, 1.54) is 18.2 Å². The predicted octanol–water partition coefficient (Wildman–Crippen LogP) is 2.27.